The lowest BCUT2D eigenvalue weighted by Gasteiger charge is -2.45. The van der Waals surface area contributed by atoms with Gasteiger partial charge in [-0.1, -0.05) is 38.4 Å². The van der Waals surface area contributed by atoms with Crippen molar-refractivity contribution in [3.63, 3.8) is 0 Å². The van der Waals surface area contributed by atoms with E-state index in [1.165, 1.54) is 16.2 Å². The highest BCUT2D eigenvalue weighted by atomic mass is 32.1. The quantitative estimate of drug-likeness (QED) is 0.147. The highest BCUT2D eigenvalue weighted by Crippen LogP contribution is 2.42. The number of carbonyl (C=O) groups excluding carboxylic acids is 4. The van der Waals surface area contributed by atoms with Gasteiger partial charge in [0.1, 0.15) is 24.2 Å². The van der Waals surface area contributed by atoms with Gasteiger partial charge in [-0.05, 0) is 81.7 Å². The average molecular weight is 953 g/mol. The molecule has 1 unspecified atom stereocenters. The molecule has 5 atom stereocenters. The summed E-state index contributed by atoms with van der Waals surface area (Å²) in [5.41, 5.74) is 6.25. The fourth-order valence-corrected chi connectivity index (χ4v) is 11.9. The number of likely N-dealkylation sites (N-methyl/N-ethyl adjacent to an activating group) is 1. The van der Waals surface area contributed by atoms with Gasteiger partial charge < -0.3 is 29.2 Å². The van der Waals surface area contributed by atoms with E-state index in [1.807, 2.05) is 43.1 Å². The van der Waals surface area contributed by atoms with Crippen molar-refractivity contribution in [1.29, 1.82) is 0 Å². The Kier molecular flexibility index (Phi) is 13.5. The molecule has 4 amide bonds. The summed E-state index contributed by atoms with van der Waals surface area (Å²) in [6.07, 6.45) is 6.01. The molecular weight excluding hydrogens is 886 g/mol. The number of rotatable bonds is 9. The highest BCUT2D eigenvalue weighted by Gasteiger charge is 2.56. The molecule has 5 aliphatic rings. The molecule has 364 valence electrons. The number of aromatic nitrogens is 3. The molecule has 3 fully saturated rings. The molecule has 8 heterocycles. The SMILES string of the molecule is CCn1c(-c2cccnc2[C@H](C)OC)c2c3cc(ccc31)-c1csc(n1)C[C@H](NC(=O)[C@H](C(C)C)N(C)C(=O)N1CCC(N3CC(F)C3)CC1)C(=O)N1CCC[C@@H](C(=O)OCC(C)(C)C2)C2C=[N+]21. The number of halogens is 1. The van der Waals surface area contributed by atoms with Gasteiger partial charge >= 0.3 is 12.0 Å². The lowest BCUT2D eigenvalue weighted by atomic mass is 9.84. The third-order valence-corrected chi connectivity index (χ3v) is 15.7. The number of hydrazone groups is 1. The molecule has 0 radical (unpaired) electrons. The average Bonchev–Trinajstić information content (AvgIpc) is 3.90. The smallest absolute Gasteiger partial charge is 0.320 e. The van der Waals surface area contributed by atoms with Crippen molar-refractivity contribution in [2.24, 2.45) is 17.3 Å². The topological polar surface area (TPSA) is 145 Å². The Bertz CT molecular complexity index is 2600. The lowest BCUT2D eigenvalue weighted by Crippen LogP contribution is -2.60. The maximum atomic E-state index is 14.9. The molecule has 3 saturated heterocycles. The van der Waals surface area contributed by atoms with E-state index in [0.717, 1.165) is 57.5 Å². The predicted octanol–water partition coefficient (Wildman–Crippen LogP) is 6.52. The van der Waals surface area contributed by atoms with Gasteiger partial charge in [0.25, 0.3) is 11.9 Å². The first-order chi connectivity index (χ1) is 32.6. The largest absolute Gasteiger partial charge is 0.465 e. The van der Waals surface area contributed by atoms with Gasteiger partial charge in [0, 0.05) is 98.4 Å². The normalized spacial score (nSPS) is 23.5. The Morgan fingerprint density at radius 3 is 2.57 bits per heavy atom. The zero-order valence-electron chi connectivity index (χ0n) is 40.7. The number of nitrogens with one attached hydrogen (secondary N) is 1. The Balaban J connectivity index is 1.06. The summed E-state index contributed by atoms with van der Waals surface area (Å²) in [6, 6.07) is 8.28. The van der Waals surface area contributed by atoms with Gasteiger partial charge in [0.15, 0.2) is 0 Å². The molecule has 1 N–H and O–H groups in total. The minimum Gasteiger partial charge on any atom is -0.465 e. The number of likely N-dealkylation sites (tertiary alicyclic amines) is 2. The molecule has 0 saturated carbocycles. The number of ether oxygens (including phenoxy) is 2. The molecule has 6 bridgehead atoms. The van der Waals surface area contributed by atoms with E-state index >= 15 is 0 Å². The van der Waals surface area contributed by atoms with E-state index in [4.69, 9.17) is 19.4 Å². The van der Waals surface area contributed by atoms with E-state index in [0.29, 0.717) is 63.5 Å². The van der Waals surface area contributed by atoms with E-state index in [9.17, 15) is 23.6 Å². The molecule has 68 heavy (non-hydrogen) atoms. The highest BCUT2D eigenvalue weighted by molar-refractivity contribution is 7.10. The number of urea groups is 1. The number of thiazole rings is 1. The van der Waals surface area contributed by atoms with Gasteiger partial charge in [-0.3, -0.25) is 24.3 Å². The van der Waals surface area contributed by atoms with Gasteiger partial charge in [0.2, 0.25) is 12.1 Å². The van der Waals surface area contributed by atoms with Crippen molar-refractivity contribution >= 4 is 52.3 Å². The molecule has 4 aromatic rings. The van der Waals surface area contributed by atoms with Gasteiger partial charge in [0.05, 0.1) is 41.3 Å². The predicted molar refractivity (Wildman–Crippen MR) is 259 cm³/mol. The summed E-state index contributed by atoms with van der Waals surface area (Å²) < 4.78 is 29.8. The van der Waals surface area contributed by atoms with Crippen LogP contribution >= 0.6 is 11.3 Å². The van der Waals surface area contributed by atoms with Crippen LogP contribution in [0.4, 0.5) is 9.18 Å². The van der Waals surface area contributed by atoms with E-state index in [2.05, 4.69) is 59.8 Å². The third kappa shape index (κ3) is 9.29. The van der Waals surface area contributed by atoms with Crippen LogP contribution in [0.25, 0.3) is 33.4 Å². The molecule has 5 aliphatic heterocycles. The van der Waals surface area contributed by atoms with Crippen molar-refractivity contribution in [3.8, 4) is 22.5 Å². The summed E-state index contributed by atoms with van der Waals surface area (Å²) in [5.74, 6) is -1.76. The van der Waals surface area contributed by atoms with Gasteiger partial charge in [-0.2, -0.15) is 0 Å². The molecule has 0 spiro atoms. The number of piperidine rings is 1. The number of esters is 1. The van der Waals surface area contributed by atoms with Crippen LogP contribution in [0.5, 0.6) is 0 Å². The molecule has 17 heteroatoms. The fourth-order valence-electron chi connectivity index (χ4n) is 11.0. The number of pyridine rings is 1. The number of hydrogen-bond donors (Lipinski definition) is 1. The summed E-state index contributed by atoms with van der Waals surface area (Å²) in [6.45, 7) is 15.4. The summed E-state index contributed by atoms with van der Waals surface area (Å²) in [4.78, 5) is 73.1. The second kappa shape index (κ2) is 19.3. The number of carbonyl (C=O) groups is 4. The number of nitrogens with zero attached hydrogens (tertiary/aromatic N) is 8. The number of alkyl halides is 1. The van der Waals surface area contributed by atoms with E-state index in [-0.39, 0.29) is 55.0 Å². The van der Waals surface area contributed by atoms with Crippen LogP contribution in [0, 0.1) is 17.3 Å². The lowest BCUT2D eigenvalue weighted by molar-refractivity contribution is -0.623. The van der Waals surface area contributed by atoms with E-state index < -0.39 is 35.5 Å². The Hall–Kier alpha value is -5.26. The zero-order valence-corrected chi connectivity index (χ0v) is 41.6. The maximum Gasteiger partial charge on any atom is 0.320 e. The van der Waals surface area contributed by atoms with Crippen LogP contribution in [0.2, 0.25) is 0 Å². The second-order valence-electron chi connectivity index (χ2n) is 20.5. The van der Waals surface area contributed by atoms with Crippen molar-refractivity contribution < 1.29 is 37.7 Å². The van der Waals surface area contributed by atoms with E-state index in [1.54, 1.807) is 30.3 Å². The van der Waals surface area contributed by atoms with Crippen LogP contribution in [0.15, 0.2) is 41.9 Å². The van der Waals surface area contributed by atoms with Crippen molar-refractivity contribution in [3.05, 3.63) is 58.2 Å². The summed E-state index contributed by atoms with van der Waals surface area (Å²) in [5, 5.41) is 8.52. The zero-order chi connectivity index (χ0) is 48.2. The number of hydrazine groups is 1. The van der Waals surface area contributed by atoms with Crippen LogP contribution in [0.1, 0.15) is 89.6 Å². The van der Waals surface area contributed by atoms with Crippen molar-refractivity contribution in [2.75, 3.05) is 53.5 Å². The third-order valence-electron chi connectivity index (χ3n) is 14.8. The maximum absolute atomic E-state index is 14.9. The fraction of sp³-hybridized carbons (Fsp3) is 0.588. The van der Waals surface area contributed by atoms with Crippen LogP contribution < -0.4 is 5.32 Å². The first-order valence-corrected chi connectivity index (χ1v) is 25.3. The van der Waals surface area contributed by atoms with Crippen LogP contribution in [-0.4, -0.2) is 153 Å². The van der Waals surface area contributed by atoms with Crippen molar-refractivity contribution in [1.82, 2.24) is 39.6 Å². The number of benzene rings is 1. The number of fused-ring (bicyclic) bond motifs is 4. The number of methoxy groups -OCH3 is 1. The standard InChI is InChI=1S/C51H66FN9O6S/c1-9-59-41-15-14-32-22-37(41)38(46(59)36-12-10-18-53-44(36)31(4)66-8)24-51(5,6)29-67-49(64)35-13-11-19-60(61-27-42(35)61)48(63)39(23-43-54-40(32)28-68-43)55-47(62)45(30(2)3)56(7)50(65)57-20-16-34(17-21-57)58-25-33(52)26-58/h10,12,14-15,18,22,27-28,30-31,33-35,39,42,45H,9,11,13,16-17,19-21,23-26,29H2,1-8H3/p+1/t31-,35+,39-,42?,45-/m0/s1. The number of hydrogen-bond acceptors (Lipinski definition) is 10. The minimum absolute atomic E-state index is 0.126. The molecular formula is C51H67FN9O6S+. The van der Waals surface area contributed by atoms with Crippen molar-refractivity contribution in [2.45, 2.75) is 123 Å². The van der Waals surface area contributed by atoms with Crippen LogP contribution in [0.3, 0.4) is 0 Å². The first-order valence-electron chi connectivity index (χ1n) is 24.5. The molecule has 9 rings (SSSR count). The number of cyclic esters (lactones) is 1. The monoisotopic (exact) mass is 952 g/mol. The van der Waals surface area contributed by atoms with Crippen LogP contribution in [-0.2, 0) is 43.2 Å². The molecule has 15 nitrogen and oxygen atoms in total. The Morgan fingerprint density at radius 2 is 1.87 bits per heavy atom. The van der Waals surface area contributed by atoms with Gasteiger partial charge in [-0.25, -0.2) is 14.2 Å². The minimum atomic E-state index is -1.02. The Morgan fingerprint density at radius 1 is 1.10 bits per heavy atom. The summed E-state index contributed by atoms with van der Waals surface area (Å²) in [7, 11) is 3.35. The number of aryl methyl sites for hydroxylation is 1. The molecule has 1 aromatic carbocycles. The molecule has 0 aliphatic carbocycles. The second-order valence-corrected chi connectivity index (χ2v) is 21.5. The first kappa shape index (κ1) is 47.8. The Labute approximate surface area is 402 Å². The van der Waals surface area contributed by atoms with Gasteiger partial charge in [-0.15, -0.1) is 16.3 Å². The molecule has 3 aromatic heterocycles. The number of amides is 4. The summed E-state index contributed by atoms with van der Waals surface area (Å²) >= 11 is 1.44.